The van der Waals surface area contributed by atoms with E-state index in [-0.39, 0.29) is 24.1 Å². The molecule has 0 atom stereocenters. The van der Waals surface area contributed by atoms with E-state index in [1.54, 1.807) is 79.9 Å². The van der Waals surface area contributed by atoms with Gasteiger partial charge < -0.3 is 20.7 Å². The average molecular weight is 480 g/mol. The van der Waals surface area contributed by atoms with Crippen LogP contribution in [0.4, 0.5) is 17.1 Å². The third-order valence-corrected chi connectivity index (χ3v) is 5.41. The first-order valence-electron chi connectivity index (χ1n) is 11.3. The van der Waals surface area contributed by atoms with Gasteiger partial charge in [-0.1, -0.05) is 42.5 Å². The van der Waals surface area contributed by atoms with Crippen molar-refractivity contribution >= 4 is 34.8 Å². The van der Waals surface area contributed by atoms with E-state index in [1.807, 2.05) is 30.3 Å². The second-order valence-corrected chi connectivity index (χ2v) is 7.97. The first kappa shape index (κ1) is 24.2. The fourth-order valence-corrected chi connectivity index (χ4v) is 3.55. The number of benzene rings is 4. The predicted molar refractivity (Wildman–Crippen MR) is 141 cm³/mol. The number of carbonyl (C=O) groups excluding carboxylic acids is 3. The molecule has 0 unspecified atom stereocenters. The average Bonchev–Trinajstić information content (AvgIpc) is 2.90. The van der Waals surface area contributed by atoms with Crippen LogP contribution in [0.3, 0.4) is 0 Å². The maximum absolute atomic E-state index is 12.9. The molecule has 0 radical (unpaired) electrons. The van der Waals surface area contributed by atoms with Crippen molar-refractivity contribution in [1.29, 1.82) is 0 Å². The van der Waals surface area contributed by atoms with Crippen LogP contribution in [0.5, 0.6) is 5.75 Å². The number of hydrogen-bond acceptors (Lipinski definition) is 4. The van der Waals surface area contributed by atoms with Gasteiger partial charge in [-0.15, -0.1) is 0 Å². The normalized spacial score (nSPS) is 10.2. The zero-order valence-electron chi connectivity index (χ0n) is 19.7. The number of rotatable bonds is 8. The summed E-state index contributed by atoms with van der Waals surface area (Å²) in [6.07, 6.45) is 0.262. The lowest BCUT2D eigenvalue weighted by molar-refractivity contribution is -0.115. The molecule has 0 aliphatic rings. The third-order valence-electron chi connectivity index (χ3n) is 5.41. The number of methoxy groups -OCH3 is 1. The van der Waals surface area contributed by atoms with Crippen molar-refractivity contribution < 1.29 is 19.1 Å². The summed E-state index contributed by atoms with van der Waals surface area (Å²) in [5, 5.41) is 8.45. The smallest absolute Gasteiger partial charge is 0.257 e. The summed E-state index contributed by atoms with van der Waals surface area (Å²) in [6, 6.07) is 29.8. The zero-order chi connectivity index (χ0) is 25.3. The van der Waals surface area contributed by atoms with Crippen molar-refractivity contribution in [2.24, 2.45) is 0 Å². The number of anilines is 3. The molecule has 4 rings (SSSR count). The quantitative estimate of drug-likeness (QED) is 0.316. The van der Waals surface area contributed by atoms with Gasteiger partial charge in [0.1, 0.15) is 5.75 Å². The van der Waals surface area contributed by atoms with Gasteiger partial charge in [-0.3, -0.25) is 14.4 Å². The summed E-state index contributed by atoms with van der Waals surface area (Å²) in [4.78, 5) is 38.0. The summed E-state index contributed by atoms with van der Waals surface area (Å²) in [5.74, 6) is -0.188. The van der Waals surface area contributed by atoms with Crippen molar-refractivity contribution in [3.8, 4) is 5.75 Å². The van der Waals surface area contributed by atoms with Crippen molar-refractivity contribution in [2.45, 2.75) is 6.42 Å². The Morgan fingerprint density at radius 1 is 0.639 bits per heavy atom. The number of hydrogen-bond donors (Lipinski definition) is 3. The highest BCUT2D eigenvalue weighted by Gasteiger charge is 2.15. The SMILES string of the molecule is COc1ccc(NC(=O)c2ccccc2NC(=O)c2ccc(NC(=O)Cc3ccccc3)cc2)cc1. The summed E-state index contributed by atoms with van der Waals surface area (Å²) >= 11 is 0. The number of para-hydroxylation sites is 1. The number of nitrogens with one attached hydrogen (secondary N) is 3. The zero-order valence-corrected chi connectivity index (χ0v) is 19.7. The Labute approximate surface area is 209 Å². The molecule has 3 N–H and O–H groups in total. The molecule has 0 aliphatic carbocycles. The summed E-state index contributed by atoms with van der Waals surface area (Å²) < 4.78 is 5.13. The molecular formula is C29H25N3O4. The lowest BCUT2D eigenvalue weighted by atomic mass is 10.1. The van der Waals surface area contributed by atoms with Crippen LogP contribution in [0.1, 0.15) is 26.3 Å². The molecule has 0 aliphatic heterocycles. The molecule has 0 heterocycles. The van der Waals surface area contributed by atoms with Gasteiger partial charge in [0, 0.05) is 16.9 Å². The second-order valence-electron chi connectivity index (χ2n) is 7.97. The van der Waals surface area contributed by atoms with Crippen LogP contribution >= 0.6 is 0 Å². The fourth-order valence-electron chi connectivity index (χ4n) is 3.55. The first-order valence-corrected chi connectivity index (χ1v) is 11.3. The molecule has 0 saturated carbocycles. The van der Waals surface area contributed by atoms with Crippen molar-refractivity contribution in [2.75, 3.05) is 23.1 Å². The van der Waals surface area contributed by atoms with Crippen LogP contribution in [0.15, 0.2) is 103 Å². The van der Waals surface area contributed by atoms with Crippen LogP contribution in [-0.2, 0) is 11.2 Å². The molecule has 7 heteroatoms. The molecule has 0 spiro atoms. The van der Waals surface area contributed by atoms with Crippen molar-refractivity contribution in [3.05, 3.63) is 120 Å². The number of carbonyl (C=O) groups is 3. The molecule has 180 valence electrons. The van der Waals surface area contributed by atoms with Crippen LogP contribution < -0.4 is 20.7 Å². The van der Waals surface area contributed by atoms with Gasteiger partial charge in [-0.2, -0.15) is 0 Å². The Kier molecular flexibility index (Phi) is 7.73. The van der Waals surface area contributed by atoms with Gasteiger partial charge in [0.25, 0.3) is 11.8 Å². The summed E-state index contributed by atoms with van der Waals surface area (Å²) in [7, 11) is 1.57. The molecule has 4 aromatic carbocycles. The molecule has 0 bridgehead atoms. The molecular weight excluding hydrogens is 454 g/mol. The molecule has 3 amide bonds. The van der Waals surface area contributed by atoms with Gasteiger partial charge in [0.2, 0.25) is 5.91 Å². The van der Waals surface area contributed by atoms with Crippen molar-refractivity contribution in [3.63, 3.8) is 0 Å². The largest absolute Gasteiger partial charge is 0.497 e. The Morgan fingerprint density at radius 2 is 1.25 bits per heavy atom. The molecule has 0 saturated heterocycles. The second kappa shape index (κ2) is 11.5. The van der Waals surface area contributed by atoms with E-state index in [1.165, 1.54) is 0 Å². The molecule has 4 aromatic rings. The van der Waals surface area contributed by atoms with Gasteiger partial charge in [-0.25, -0.2) is 0 Å². The molecule has 36 heavy (non-hydrogen) atoms. The standard InChI is InChI=1S/C29H25N3O4/c1-36-24-17-15-23(16-18-24)31-29(35)25-9-5-6-10-26(25)32-28(34)21-11-13-22(14-12-21)30-27(33)19-20-7-3-2-4-8-20/h2-18H,19H2,1H3,(H,30,33)(H,31,35)(H,32,34). The van der Waals surface area contributed by atoms with E-state index in [4.69, 9.17) is 4.74 Å². The topological polar surface area (TPSA) is 96.5 Å². The predicted octanol–water partition coefficient (Wildman–Crippen LogP) is 5.38. The maximum Gasteiger partial charge on any atom is 0.257 e. The van der Waals surface area contributed by atoms with Gasteiger partial charge in [0.05, 0.1) is 24.8 Å². The van der Waals surface area contributed by atoms with Crippen LogP contribution in [0.2, 0.25) is 0 Å². The van der Waals surface area contributed by atoms with Gasteiger partial charge >= 0.3 is 0 Å². The third kappa shape index (κ3) is 6.36. The highest BCUT2D eigenvalue weighted by atomic mass is 16.5. The van der Waals surface area contributed by atoms with Gasteiger partial charge in [0.15, 0.2) is 0 Å². The van der Waals surface area contributed by atoms with Gasteiger partial charge in [-0.05, 0) is 66.2 Å². The molecule has 0 aromatic heterocycles. The Hall–Kier alpha value is -4.91. The fraction of sp³-hybridized carbons (Fsp3) is 0.0690. The minimum atomic E-state index is -0.373. The highest BCUT2D eigenvalue weighted by molar-refractivity contribution is 6.12. The van der Waals surface area contributed by atoms with Crippen LogP contribution in [-0.4, -0.2) is 24.8 Å². The van der Waals surface area contributed by atoms with E-state index in [0.29, 0.717) is 33.9 Å². The monoisotopic (exact) mass is 479 g/mol. The maximum atomic E-state index is 12.9. The number of amides is 3. The summed E-state index contributed by atoms with van der Waals surface area (Å²) in [5.41, 5.74) is 3.21. The van der Waals surface area contributed by atoms with E-state index < -0.39 is 0 Å². The Bertz CT molecular complexity index is 1350. The van der Waals surface area contributed by atoms with E-state index in [2.05, 4.69) is 16.0 Å². The van der Waals surface area contributed by atoms with E-state index >= 15 is 0 Å². The minimum Gasteiger partial charge on any atom is -0.497 e. The van der Waals surface area contributed by atoms with E-state index in [0.717, 1.165) is 5.56 Å². The molecule has 7 nitrogen and oxygen atoms in total. The molecule has 0 fully saturated rings. The first-order chi connectivity index (χ1) is 17.5. The van der Waals surface area contributed by atoms with Crippen molar-refractivity contribution in [1.82, 2.24) is 0 Å². The Morgan fingerprint density at radius 3 is 1.94 bits per heavy atom. The highest BCUT2D eigenvalue weighted by Crippen LogP contribution is 2.21. The lowest BCUT2D eigenvalue weighted by Gasteiger charge is -2.12. The number of ether oxygens (including phenoxy) is 1. The van der Waals surface area contributed by atoms with Crippen LogP contribution in [0.25, 0.3) is 0 Å². The summed E-state index contributed by atoms with van der Waals surface area (Å²) in [6.45, 7) is 0. The minimum absolute atomic E-state index is 0.143. The van der Waals surface area contributed by atoms with Crippen LogP contribution in [0, 0.1) is 0 Å². The van der Waals surface area contributed by atoms with E-state index in [9.17, 15) is 14.4 Å². The lowest BCUT2D eigenvalue weighted by Crippen LogP contribution is -2.18. The Balaban J connectivity index is 1.39.